The molecule has 28 heavy (non-hydrogen) atoms. The Balaban J connectivity index is 1.36. The van der Waals surface area contributed by atoms with Crippen LogP contribution in [-0.4, -0.2) is 34.8 Å². The van der Waals surface area contributed by atoms with E-state index in [1.807, 2.05) is 24.4 Å². The van der Waals surface area contributed by atoms with Crippen LogP contribution in [-0.2, 0) is 16.0 Å². The molecular formula is C21H19ClFN3O2. The number of hydrogen-bond donors (Lipinski definition) is 2. The Kier molecular flexibility index (Phi) is 5.05. The van der Waals surface area contributed by atoms with Crippen LogP contribution in [0.25, 0.3) is 10.9 Å². The van der Waals surface area contributed by atoms with Crippen LogP contribution in [0.2, 0.25) is 5.02 Å². The smallest absolute Gasteiger partial charge is 0.229 e. The van der Waals surface area contributed by atoms with E-state index in [1.165, 1.54) is 18.2 Å². The highest BCUT2D eigenvalue weighted by molar-refractivity contribution is 6.31. The number of fused-ring (bicyclic) bond motifs is 1. The average molecular weight is 400 g/mol. The highest BCUT2D eigenvalue weighted by atomic mass is 35.5. The second-order valence-electron chi connectivity index (χ2n) is 6.97. The zero-order valence-corrected chi connectivity index (χ0v) is 15.8. The van der Waals surface area contributed by atoms with E-state index in [2.05, 4.69) is 16.4 Å². The van der Waals surface area contributed by atoms with E-state index in [0.717, 1.165) is 22.9 Å². The van der Waals surface area contributed by atoms with Crippen LogP contribution in [0.4, 0.5) is 10.1 Å². The quantitative estimate of drug-likeness (QED) is 0.681. The van der Waals surface area contributed by atoms with Crippen molar-refractivity contribution in [2.45, 2.75) is 12.8 Å². The molecule has 1 aliphatic heterocycles. The summed E-state index contributed by atoms with van der Waals surface area (Å²) >= 11 is 5.74. The van der Waals surface area contributed by atoms with Crippen molar-refractivity contribution in [3.05, 3.63) is 65.1 Å². The molecule has 1 aromatic heterocycles. The summed E-state index contributed by atoms with van der Waals surface area (Å²) in [5.41, 5.74) is 2.64. The van der Waals surface area contributed by atoms with Gasteiger partial charge in [0.05, 0.1) is 10.9 Å². The number of carbonyl (C=O) groups excluding carboxylic acids is 2. The van der Waals surface area contributed by atoms with Gasteiger partial charge < -0.3 is 15.2 Å². The van der Waals surface area contributed by atoms with Gasteiger partial charge in [-0.3, -0.25) is 9.59 Å². The van der Waals surface area contributed by atoms with Gasteiger partial charge in [0, 0.05) is 42.3 Å². The van der Waals surface area contributed by atoms with E-state index in [-0.39, 0.29) is 23.3 Å². The zero-order chi connectivity index (χ0) is 19.7. The molecule has 0 spiro atoms. The van der Waals surface area contributed by atoms with E-state index in [1.54, 1.807) is 4.90 Å². The number of carbonyl (C=O) groups is 2. The monoisotopic (exact) mass is 399 g/mol. The highest BCUT2D eigenvalue weighted by Gasteiger charge is 2.34. The number of halogens is 2. The molecule has 5 nitrogen and oxygen atoms in total. The van der Waals surface area contributed by atoms with E-state index in [9.17, 15) is 14.0 Å². The number of hydrogen-bond acceptors (Lipinski definition) is 2. The molecule has 0 radical (unpaired) electrons. The Hall–Kier alpha value is -2.86. The minimum absolute atomic E-state index is 0.0304. The van der Waals surface area contributed by atoms with Crippen LogP contribution in [0.1, 0.15) is 12.0 Å². The number of nitrogens with one attached hydrogen (secondary N) is 2. The summed E-state index contributed by atoms with van der Waals surface area (Å²) in [5, 5.41) is 3.81. The molecule has 144 valence electrons. The molecule has 1 unspecified atom stereocenters. The molecule has 1 saturated heterocycles. The molecule has 2 aromatic carbocycles. The van der Waals surface area contributed by atoms with E-state index >= 15 is 0 Å². The first-order chi connectivity index (χ1) is 13.5. The Morgan fingerprint density at radius 2 is 2.11 bits per heavy atom. The van der Waals surface area contributed by atoms with Crippen molar-refractivity contribution < 1.29 is 14.0 Å². The predicted molar refractivity (Wildman–Crippen MR) is 107 cm³/mol. The van der Waals surface area contributed by atoms with E-state index < -0.39 is 11.7 Å². The maximum Gasteiger partial charge on any atom is 0.229 e. The van der Waals surface area contributed by atoms with E-state index in [0.29, 0.717) is 18.8 Å². The van der Waals surface area contributed by atoms with Crippen LogP contribution in [0.5, 0.6) is 0 Å². The molecular weight excluding hydrogens is 381 g/mol. The van der Waals surface area contributed by atoms with Gasteiger partial charge in [-0.25, -0.2) is 4.39 Å². The number of benzene rings is 2. The molecule has 0 bridgehead atoms. The van der Waals surface area contributed by atoms with Gasteiger partial charge in [-0.2, -0.15) is 0 Å². The predicted octanol–water partition coefficient (Wildman–Crippen LogP) is 3.99. The Labute approximate surface area is 166 Å². The van der Waals surface area contributed by atoms with Gasteiger partial charge in [-0.05, 0) is 36.2 Å². The van der Waals surface area contributed by atoms with Crippen molar-refractivity contribution >= 4 is 40.0 Å². The number of aromatic nitrogens is 1. The maximum absolute atomic E-state index is 13.2. The Morgan fingerprint density at radius 1 is 1.29 bits per heavy atom. The highest BCUT2D eigenvalue weighted by Crippen LogP contribution is 2.24. The lowest BCUT2D eigenvalue weighted by Gasteiger charge is -2.16. The summed E-state index contributed by atoms with van der Waals surface area (Å²) in [4.78, 5) is 29.8. The number of anilines is 1. The van der Waals surface area contributed by atoms with Gasteiger partial charge in [0.1, 0.15) is 5.82 Å². The fourth-order valence-corrected chi connectivity index (χ4v) is 3.76. The Bertz CT molecular complexity index is 1050. The average Bonchev–Trinajstić information content (AvgIpc) is 3.26. The van der Waals surface area contributed by atoms with Gasteiger partial charge in [-0.15, -0.1) is 0 Å². The number of H-pyrrole nitrogens is 1. The van der Waals surface area contributed by atoms with Crippen molar-refractivity contribution in [3.63, 3.8) is 0 Å². The van der Waals surface area contributed by atoms with Crippen molar-refractivity contribution in [1.82, 2.24) is 9.88 Å². The molecule has 7 heteroatoms. The van der Waals surface area contributed by atoms with Gasteiger partial charge in [-0.1, -0.05) is 29.8 Å². The number of amides is 2. The summed E-state index contributed by atoms with van der Waals surface area (Å²) in [6.45, 7) is 0.939. The van der Waals surface area contributed by atoms with Gasteiger partial charge in [0.25, 0.3) is 0 Å². The fourth-order valence-electron chi connectivity index (χ4n) is 3.58. The van der Waals surface area contributed by atoms with Crippen molar-refractivity contribution in [1.29, 1.82) is 0 Å². The minimum Gasteiger partial charge on any atom is -0.361 e. The summed E-state index contributed by atoms with van der Waals surface area (Å²) in [6, 6.07) is 12.0. The Morgan fingerprint density at radius 3 is 2.93 bits per heavy atom. The molecule has 2 amide bonds. The molecule has 0 aliphatic carbocycles. The number of likely N-dealkylation sites (tertiary alicyclic amines) is 1. The summed E-state index contributed by atoms with van der Waals surface area (Å²) in [6.07, 6.45) is 2.86. The zero-order valence-electron chi connectivity index (χ0n) is 15.0. The number of rotatable bonds is 5. The molecule has 4 rings (SSSR count). The largest absolute Gasteiger partial charge is 0.361 e. The van der Waals surface area contributed by atoms with E-state index in [4.69, 9.17) is 11.6 Å². The standard InChI is InChI=1S/C21H19ClFN3O2/c22-17-10-15(5-6-18(17)23)25-21(28)14-9-20(27)26(12-14)8-7-13-11-24-19-4-2-1-3-16(13)19/h1-6,10-11,14,24H,7-9,12H2,(H,25,28). The molecule has 3 aromatic rings. The molecule has 0 saturated carbocycles. The summed E-state index contributed by atoms with van der Waals surface area (Å²) in [7, 11) is 0. The number of para-hydroxylation sites is 1. The normalized spacial score (nSPS) is 16.7. The molecule has 1 atom stereocenters. The van der Waals surface area contributed by atoms with Crippen LogP contribution in [0.3, 0.4) is 0 Å². The maximum atomic E-state index is 13.2. The fraction of sp³-hybridized carbons (Fsp3) is 0.238. The van der Waals surface area contributed by atoms with Gasteiger partial charge in [0.15, 0.2) is 0 Å². The minimum atomic E-state index is -0.542. The second kappa shape index (κ2) is 7.64. The van der Waals surface area contributed by atoms with Crippen molar-refractivity contribution in [3.8, 4) is 0 Å². The van der Waals surface area contributed by atoms with Crippen LogP contribution >= 0.6 is 11.6 Å². The number of aromatic amines is 1. The third kappa shape index (κ3) is 3.73. The topological polar surface area (TPSA) is 65.2 Å². The van der Waals surface area contributed by atoms with Crippen molar-refractivity contribution in [2.24, 2.45) is 5.92 Å². The molecule has 2 N–H and O–H groups in total. The van der Waals surface area contributed by atoms with Crippen LogP contribution < -0.4 is 5.32 Å². The third-order valence-electron chi connectivity index (χ3n) is 5.10. The lowest BCUT2D eigenvalue weighted by Crippen LogP contribution is -2.30. The first-order valence-electron chi connectivity index (χ1n) is 9.10. The lowest BCUT2D eigenvalue weighted by atomic mass is 10.1. The van der Waals surface area contributed by atoms with Gasteiger partial charge >= 0.3 is 0 Å². The summed E-state index contributed by atoms with van der Waals surface area (Å²) < 4.78 is 13.2. The van der Waals surface area contributed by atoms with Crippen molar-refractivity contribution in [2.75, 3.05) is 18.4 Å². The summed E-state index contributed by atoms with van der Waals surface area (Å²) in [5.74, 6) is -1.26. The third-order valence-corrected chi connectivity index (χ3v) is 5.39. The SMILES string of the molecule is O=C(Nc1ccc(F)c(Cl)c1)C1CC(=O)N(CCc2c[nH]c3ccccc23)C1. The van der Waals surface area contributed by atoms with Crippen LogP contribution in [0.15, 0.2) is 48.7 Å². The first kappa shape index (κ1) is 18.5. The van der Waals surface area contributed by atoms with Gasteiger partial charge in [0.2, 0.25) is 11.8 Å². The number of nitrogens with zero attached hydrogens (tertiary/aromatic N) is 1. The lowest BCUT2D eigenvalue weighted by molar-refractivity contribution is -0.128. The molecule has 1 fully saturated rings. The first-order valence-corrected chi connectivity index (χ1v) is 9.48. The second-order valence-corrected chi connectivity index (χ2v) is 7.38. The van der Waals surface area contributed by atoms with Crippen LogP contribution in [0, 0.1) is 11.7 Å². The molecule has 2 heterocycles. The molecule has 1 aliphatic rings.